The van der Waals surface area contributed by atoms with Gasteiger partial charge in [0.15, 0.2) is 5.72 Å². The van der Waals surface area contributed by atoms with Crippen LogP contribution in [-0.4, -0.2) is 5.11 Å². The number of nitrogens with two attached hydrogens (primary N) is 1. The molecule has 0 aliphatic carbocycles. The molecule has 1 heterocycles. The van der Waals surface area contributed by atoms with Crippen LogP contribution in [0.5, 0.6) is 5.75 Å². The molecule has 4 rings (SSSR count). The van der Waals surface area contributed by atoms with Gasteiger partial charge >= 0.3 is 0 Å². The molecule has 150 valence electrons. The lowest BCUT2D eigenvalue weighted by atomic mass is 9.83. The topological polar surface area (TPSA) is 55.5 Å². The first-order chi connectivity index (χ1) is 14.0. The van der Waals surface area contributed by atoms with Crippen molar-refractivity contribution in [3.05, 3.63) is 101 Å². The Kier molecular flexibility index (Phi) is 5.91. The number of aliphatic hydroxyl groups is 1. The van der Waals surface area contributed by atoms with Gasteiger partial charge in [-0.2, -0.15) is 0 Å². The molecule has 0 amide bonds. The van der Waals surface area contributed by atoms with E-state index in [-0.39, 0.29) is 5.92 Å². The van der Waals surface area contributed by atoms with Crippen LogP contribution in [0.1, 0.15) is 42.1 Å². The Morgan fingerprint density at radius 1 is 1.00 bits per heavy atom. The lowest BCUT2D eigenvalue weighted by molar-refractivity contribution is 0.0253. The Bertz CT molecular complexity index is 948. The quantitative estimate of drug-likeness (QED) is 0.578. The monoisotopic (exact) mass is 407 g/mol. The summed E-state index contributed by atoms with van der Waals surface area (Å²) in [7, 11) is 0. The summed E-state index contributed by atoms with van der Waals surface area (Å²) in [6.45, 7) is 0. The maximum atomic E-state index is 11.2. The molecule has 0 saturated carbocycles. The summed E-state index contributed by atoms with van der Waals surface area (Å²) in [6.07, 6.45) is 2.68. The van der Waals surface area contributed by atoms with Gasteiger partial charge < -0.3 is 9.84 Å². The minimum absolute atomic E-state index is 0.0219. The van der Waals surface area contributed by atoms with Gasteiger partial charge in [-0.15, -0.1) is 0 Å². The van der Waals surface area contributed by atoms with Gasteiger partial charge in [-0.05, 0) is 42.9 Å². The van der Waals surface area contributed by atoms with E-state index in [0.717, 1.165) is 30.4 Å². The van der Waals surface area contributed by atoms with E-state index in [0.29, 0.717) is 17.2 Å². The van der Waals surface area contributed by atoms with Crippen LogP contribution in [0.15, 0.2) is 78.9 Å². The van der Waals surface area contributed by atoms with E-state index in [9.17, 15) is 5.11 Å². The van der Waals surface area contributed by atoms with Crippen molar-refractivity contribution in [2.75, 3.05) is 0 Å². The summed E-state index contributed by atoms with van der Waals surface area (Å²) >= 11 is 6.20. The molecule has 3 N–H and O–H groups in total. The van der Waals surface area contributed by atoms with Crippen LogP contribution in [0.25, 0.3) is 0 Å². The maximum absolute atomic E-state index is 11.2. The molecule has 3 unspecified atom stereocenters. The molecule has 3 atom stereocenters. The highest BCUT2D eigenvalue weighted by molar-refractivity contribution is 6.30. The lowest BCUT2D eigenvalue weighted by Crippen LogP contribution is -2.44. The number of hydrogen-bond acceptors (Lipinski definition) is 3. The van der Waals surface area contributed by atoms with Crippen LogP contribution in [0.2, 0.25) is 5.02 Å². The molecule has 29 heavy (non-hydrogen) atoms. The molecule has 1 aliphatic rings. The second-order valence-electron chi connectivity index (χ2n) is 7.83. The van der Waals surface area contributed by atoms with E-state index < -0.39 is 11.8 Å². The zero-order valence-corrected chi connectivity index (χ0v) is 17.1. The van der Waals surface area contributed by atoms with Gasteiger partial charge in [0.05, 0.1) is 6.10 Å². The summed E-state index contributed by atoms with van der Waals surface area (Å²) in [4.78, 5) is 0. The third-order valence-corrected chi connectivity index (χ3v) is 5.98. The molecule has 1 aliphatic heterocycles. The van der Waals surface area contributed by atoms with Gasteiger partial charge in [0.2, 0.25) is 0 Å². The van der Waals surface area contributed by atoms with Crippen molar-refractivity contribution in [3.63, 3.8) is 0 Å². The number of ether oxygens (including phenoxy) is 1. The Labute approximate surface area is 177 Å². The molecule has 4 heteroatoms. The zero-order chi connectivity index (χ0) is 20.3. The summed E-state index contributed by atoms with van der Waals surface area (Å²) in [6, 6.07) is 25.6. The SMILES string of the molecule is NC1(c2ccccc2)CC(CCCc2ccccc2)C(O)c2ccc(Cl)cc2O1. The van der Waals surface area contributed by atoms with Gasteiger partial charge in [-0.3, -0.25) is 5.73 Å². The highest BCUT2D eigenvalue weighted by Crippen LogP contribution is 2.45. The highest BCUT2D eigenvalue weighted by atomic mass is 35.5. The van der Waals surface area contributed by atoms with Gasteiger partial charge in [-0.1, -0.05) is 78.3 Å². The number of aliphatic hydroxyl groups excluding tert-OH is 1. The Hall–Kier alpha value is -2.33. The first-order valence-corrected chi connectivity index (χ1v) is 10.5. The third kappa shape index (κ3) is 4.48. The van der Waals surface area contributed by atoms with Crippen LogP contribution in [-0.2, 0) is 12.1 Å². The number of hydrogen-bond donors (Lipinski definition) is 2. The van der Waals surface area contributed by atoms with Crippen LogP contribution >= 0.6 is 11.6 Å². The van der Waals surface area contributed by atoms with Crippen molar-refractivity contribution in [2.45, 2.75) is 37.5 Å². The molecule has 0 fully saturated rings. The molecule has 0 spiro atoms. The summed E-state index contributed by atoms with van der Waals surface area (Å²) in [5, 5.41) is 11.8. The van der Waals surface area contributed by atoms with Crippen molar-refractivity contribution in [2.24, 2.45) is 11.7 Å². The number of benzene rings is 3. The minimum Gasteiger partial charge on any atom is -0.468 e. The predicted molar refractivity (Wildman–Crippen MR) is 117 cm³/mol. The number of rotatable bonds is 5. The van der Waals surface area contributed by atoms with Crippen molar-refractivity contribution >= 4 is 11.6 Å². The smallest absolute Gasteiger partial charge is 0.185 e. The highest BCUT2D eigenvalue weighted by Gasteiger charge is 2.40. The van der Waals surface area contributed by atoms with Crippen molar-refractivity contribution in [1.29, 1.82) is 0 Å². The standard InChI is InChI=1S/C25H26ClNO2/c26-21-14-15-22-23(16-21)29-25(27,20-12-5-2-6-13-20)17-19(24(22)28)11-7-10-18-8-3-1-4-9-18/h1-6,8-9,12-16,19,24,28H,7,10-11,17,27H2. The number of fused-ring (bicyclic) bond motifs is 1. The fraction of sp³-hybridized carbons (Fsp3) is 0.280. The van der Waals surface area contributed by atoms with E-state index in [1.165, 1.54) is 5.56 Å². The van der Waals surface area contributed by atoms with Gasteiger partial charge in [-0.25, -0.2) is 0 Å². The van der Waals surface area contributed by atoms with Gasteiger partial charge in [0.25, 0.3) is 0 Å². The first-order valence-electron chi connectivity index (χ1n) is 10.1. The van der Waals surface area contributed by atoms with E-state index in [1.807, 2.05) is 42.5 Å². The molecular formula is C25H26ClNO2. The van der Waals surface area contributed by atoms with E-state index in [4.69, 9.17) is 22.1 Å². The first kappa shape index (κ1) is 20.0. The second kappa shape index (κ2) is 8.58. The Balaban J connectivity index is 1.62. The molecule has 0 aromatic heterocycles. The van der Waals surface area contributed by atoms with E-state index >= 15 is 0 Å². The Morgan fingerprint density at radius 3 is 2.41 bits per heavy atom. The normalized spacial score (nSPS) is 23.7. The van der Waals surface area contributed by atoms with Gasteiger partial charge in [0.1, 0.15) is 5.75 Å². The molecule has 0 bridgehead atoms. The van der Waals surface area contributed by atoms with Crippen LogP contribution in [0.3, 0.4) is 0 Å². The third-order valence-electron chi connectivity index (χ3n) is 5.74. The van der Waals surface area contributed by atoms with E-state index in [1.54, 1.807) is 12.1 Å². The molecule has 0 radical (unpaired) electrons. The summed E-state index contributed by atoms with van der Waals surface area (Å²) < 4.78 is 6.31. The fourth-order valence-electron chi connectivity index (χ4n) is 4.20. The fourth-order valence-corrected chi connectivity index (χ4v) is 4.37. The minimum atomic E-state index is -1.02. The number of halogens is 1. The predicted octanol–water partition coefficient (Wildman–Crippen LogP) is 5.61. The average molecular weight is 408 g/mol. The van der Waals surface area contributed by atoms with Crippen molar-refractivity contribution in [1.82, 2.24) is 0 Å². The molecule has 0 saturated heterocycles. The van der Waals surface area contributed by atoms with Crippen LogP contribution in [0, 0.1) is 5.92 Å². The molecule has 3 aromatic carbocycles. The molecular weight excluding hydrogens is 382 g/mol. The lowest BCUT2D eigenvalue weighted by Gasteiger charge is -2.32. The van der Waals surface area contributed by atoms with Crippen LogP contribution < -0.4 is 10.5 Å². The zero-order valence-electron chi connectivity index (χ0n) is 16.3. The molecule has 3 nitrogen and oxygen atoms in total. The van der Waals surface area contributed by atoms with Crippen molar-refractivity contribution < 1.29 is 9.84 Å². The molecule has 3 aromatic rings. The number of aryl methyl sites for hydroxylation is 1. The second-order valence-corrected chi connectivity index (χ2v) is 8.26. The Morgan fingerprint density at radius 2 is 1.69 bits per heavy atom. The average Bonchev–Trinajstić information content (AvgIpc) is 2.84. The maximum Gasteiger partial charge on any atom is 0.185 e. The van der Waals surface area contributed by atoms with E-state index in [2.05, 4.69) is 24.3 Å². The van der Waals surface area contributed by atoms with Crippen LogP contribution in [0.4, 0.5) is 0 Å². The largest absolute Gasteiger partial charge is 0.468 e. The summed E-state index contributed by atoms with van der Waals surface area (Å²) in [5.74, 6) is 0.535. The summed E-state index contributed by atoms with van der Waals surface area (Å²) in [5.41, 5.74) is 8.74. The van der Waals surface area contributed by atoms with Gasteiger partial charge in [0, 0.05) is 22.6 Å². The van der Waals surface area contributed by atoms with Crippen molar-refractivity contribution in [3.8, 4) is 5.75 Å².